The molecule has 3 heterocycles. The summed E-state index contributed by atoms with van der Waals surface area (Å²) in [4.78, 5) is 33.7. The number of rotatable bonds is 5. The highest BCUT2D eigenvalue weighted by molar-refractivity contribution is 6.01. The minimum atomic E-state index is -0.235. The Balaban J connectivity index is 1.43. The van der Waals surface area contributed by atoms with E-state index in [1.165, 1.54) is 31.2 Å². The summed E-state index contributed by atoms with van der Waals surface area (Å²) in [5.41, 5.74) is 4.13. The fraction of sp³-hybridized carbons (Fsp3) is 0.409. The first-order valence-electron chi connectivity index (χ1n) is 9.93. The first-order valence-corrected chi connectivity index (χ1v) is 9.93. The molecule has 1 aromatic carbocycles. The number of urea groups is 1. The summed E-state index contributed by atoms with van der Waals surface area (Å²) in [6, 6.07) is 14.0. The van der Waals surface area contributed by atoms with Crippen LogP contribution in [0.25, 0.3) is 11.3 Å². The monoisotopic (exact) mass is 378 g/mol. The molecule has 2 aromatic rings. The summed E-state index contributed by atoms with van der Waals surface area (Å²) in [6.45, 7) is 3.82. The molecule has 0 N–H and O–H groups in total. The average molecular weight is 378 g/mol. The van der Waals surface area contributed by atoms with Crippen molar-refractivity contribution in [3.8, 4) is 11.3 Å². The van der Waals surface area contributed by atoms with Crippen LogP contribution in [0.3, 0.4) is 0 Å². The van der Waals surface area contributed by atoms with E-state index in [9.17, 15) is 9.59 Å². The SMILES string of the molecule is CN1C(=O)CN(Cc2ccc(-c3cccc(CN4CCCCC4)n3)cc2)C1=O. The average Bonchev–Trinajstić information content (AvgIpc) is 2.96. The third-order valence-electron chi connectivity index (χ3n) is 5.52. The van der Waals surface area contributed by atoms with E-state index < -0.39 is 0 Å². The summed E-state index contributed by atoms with van der Waals surface area (Å²) < 4.78 is 0. The standard InChI is InChI=1S/C22H26N4O2/c1-24-21(27)16-26(22(24)28)14-17-8-10-18(11-9-17)20-7-5-6-19(23-20)15-25-12-3-2-4-13-25/h5-11H,2-4,12-16H2,1H3. The lowest BCUT2D eigenvalue weighted by atomic mass is 10.1. The highest BCUT2D eigenvalue weighted by Gasteiger charge is 2.32. The van der Waals surface area contributed by atoms with Crippen molar-refractivity contribution in [3.63, 3.8) is 0 Å². The number of likely N-dealkylation sites (N-methyl/N-ethyl adjacent to an activating group) is 1. The lowest BCUT2D eigenvalue weighted by Gasteiger charge is -2.26. The highest BCUT2D eigenvalue weighted by atomic mass is 16.2. The molecule has 2 fully saturated rings. The molecule has 2 aliphatic heterocycles. The summed E-state index contributed by atoms with van der Waals surface area (Å²) >= 11 is 0. The first kappa shape index (κ1) is 18.6. The van der Waals surface area contributed by atoms with Crippen LogP contribution in [0.15, 0.2) is 42.5 Å². The number of amides is 3. The first-order chi connectivity index (χ1) is 13.6. The molecule has 0 bridgehead atoms. The van der Waals surface area contributed by atoms with Gasteiger partial charge in [-0.1, -0.05) is 36.8 Å². The molecular formula is C22H26N4O2. The molecule has 0 atom stereocenters. The Kier molecular flexibility index (Phi) is 5.39. The molecule has 0 radical (unpaired) electrons. The van der Waals surface area contributed by atoms with Gasteiger partial charge >= 0.3 is 6.03 Å². The van der Waals surface area contributed by atoms with Gasteiger partial charge in [0.15, 0.2) is 0 Å². The Morgan fingerprint density at radius 3 is 2.36 bits per heavy atom. The molecule has 2 saturated heterocycles. The van der Waals surface area contributed by atoms with Gasteiger partial charge in [0, 0.05) is 25.7 Å². The van der Waals surface area contributed by atoms with E-state index in [0.717, 1.165) is 42.1 Å². The Labute approximate surface area is 165 Å². The van der Waals surface area contributed by atoms with Crippen molar-refractivity contribution in [1.29, 1.82) is 0 Å². The number of hydrogen-bond acceptors (Lipinski definition) is 4. The minimum Gasteiger partial charge on any atom is -0.311 e. The van der Waals surface area contributed by atoms with Gasteiger partial charge in [0.1, 0.15) is 6.54 Å². The topological polar surface area (TPSA) is 56.8 Å². The number of nitrogens with zero attached hydrogens (tertiary/aromatic N) is 4. The molecular weight excluding hydrogens is 352 g/mol. The van der Waals surface area contributed by atoms with Crippen LogP contribution in [0.2, 0.25) is 0 Å². The fourth-order valence-corrected chi connectivity index (χ4v) is 3.86. The van der Waals surface area contributed by atoms with Gasteiger partial charge in [-0.3, -0.25) is 19.6 Å². The Hall–Kier alpha value is -2.73. The van der Waals surface area contributed by atoms with Crippen LogP contribution in [0, 0.1) is 0 Å². The van der Waals surface area contributed by atoms with Crippen LogP contribution in [0.5, 0.6) is 0 Å². The minimum absolute atomic E-state index is 0.150. The lowest BCUT2D eigenvalue weighted by molar-refractivity contribution is -0.124. The highest BCUT2D eigenvalue weighted by Crippen LogP contribution is 2.21. The molecule has 6 nitrogen and oxygen atoms in total. The van der Waals surface area contributed by atoms with Crippen LogP contribution in [-0.4, -0.2) is 58.3 Å². The number of carbonyl (C=O) groups is 2. The van der Waals surface area contributed by atoms with Crippen molar-refractivity contribution in [1.82, 2.24) is 19.7 Å². The van der Waals surface area contributed by atoms with Gasteiger partial charge in [-0.05, 0) is 43.6 Å². The zero-order valence-electron chi connectivity index (χ0n) is 16.3. The molecule has 0 unspecified atom stereocenters. The molecule has 1 aromatic heterocycles. The predicted octanol–water partition coefficient (Wildman–Crippen LogP) is 3.13. The molecule has 146 valence electrons. The van der Waals surface area contributed by atoms with Crippen molar-refractivity contribution in [2.45, 2.75) is 32.4 Å². The van der Waals surface area contributed by atoms with Crippen molar-refractivity contribution in [2.24, 2.45) is 0 Å². The second-order valence-electron chi connectivity index (χ2n) is 7.64. The lowest BCUT2D eigenvalue weighted by Crippen LogP contribution is -2.29. The third-order valence-corrected chi connectivity index (χ3v) is 5.52. The second-order valence-corrected chi connectivity index (χ2v) is 7.64. The van der Waals surface area contributed by atoms with E-state index in [4.69, 9.17) is 4.98 Å². The van der Waals surface area contributed by atoms with Gasteiger partial charge in [0.05, 0.1) is 11.4 Å². The Bertz CT molecular complexity index is 859. The van der Waals surface area contributed by atoms with Crippen LogP contribution in [-0.2, 0) is 17.9 Å². The maximum Gasteiger partial charge on any atom is 0.327 e. The number of benzene rings is 1. The summed E-state index contributed by atoms with van der Waals surface area (Å²) in [7, 11) is 1.52. The Morgan fingerprint density at radius 1 is 0.929 bits per heavy atom. The molecule has 0 saturated carbocycles. The van der Waals surface area contributed by atoms with Gasteiger partial charge in [-0.2, -0.15) is 0 Å². The summed E-state index contributed by atoms with van der Waals surface area (Å²) in [6.07, 6.45) is 3.90. The largest absolute Gasteiger partial charge is 0.327 e. The van der Waals surface area contributed by atoms with Crippen LogP contribution in [0.1, 0.15) is 30.5 Å². The second kappa shape index (κ2) is 8.10. The predicted molar refractivity (Wildman–Crippen MR) is 107 cm³/mol. The molecule has 0 spiro atoms. The van der Waals surface area contributed by atoms with E-state index in [-0.39, 0.29) is 18.5 Å². The van der Waals surface area contributed by atoms with Crippen molar-refractivity contribution in [3.05, 3.63) is 53.7 Å². The molecule has 4 rings (SSSR count). The molecule has 2 aliphatic rings. The van der Waals surface area contributed by atoms with E-state index >= 15 is 0 Å². The van der Waals surface area contributed by atoms with Gasteiger partial charge < -0.3 is 4.90 Å². The van der Waals surface area contributed by atoms with E-state index in [1.807, 2.05) is 30.3 Å². The molecule has 0 aliphatic carbocycles. The summed E-state index contributed by atoms with van der Waals surface area (Å²) in [5, 5.41) is 0. The number of imide groups is 1. The number of pyridine rings is 1. The Morgan fingerprint density at radius 2 is 1.68 bits per heavy atom. The zero-order chi connectivity index (χ0) is 19.5. The van der Waals surface area contributed by atoms with Crippen molar-refractivity contribution >= 4 is 11.9 Å². The zero-order valence-corrected chi connectivity index (χ0v) is 16.3. The van der Waals surface area contributed by atoms with Gasteiger partial charge in [-0.15, -0.1) is 0 Å². The molecule has 3 amide bonds. The summed E-state index contributed by atoms with van der Waals surface area (Å²) in [5.74, 6) is -0.156. The van der Waals surface area contributed by atoms with Crippen LogP contribution < -0.4 is 0 Å². The number of carbonyl (C=O) groups excluding carboxylic acids is 2. The smallest absolute Gasteiger partial charge is 0.311 e. The quantitative estimate of drug-likeness (QED) is 0.750. The molecule has 28 heavy (non-hydrogen) atoms. The number of piperidine rings is 1. The number of aromatic nitrogens is 1. The van der Waals surface area contributed by atoms with E-state index in [1.54, 1.807) is 4.90 Å². The van der Waals surface area contributed by atoms with E-state index in [2.05, 4.69) is 17.0 Å². The maximum absolute atomic E-state index is 12.0. The maximum atomic E-state index is 12.0. The molecule has 6 heteroatoms. The van der Waals surface area contributed by atoms with Gasteiger partial charge in [0.2, 0.25) is 5.91 Å². The van der Waals surface area contributed by atoms with E-state index in [0.29, 0.717) is 6.54 Å². The number of hydrogen-bond donors (Lipinski definition) is 0. The van der Waals surface area contributed by atoms with Crippen molar-refractivity contribution in [2.75, 3.05) is 26.7 Å². The normalized spacial score (nSPS) is 18.2. The van der Waals surface area contributed by atoms with Crippen LogP contribution >= 0.6 is 0 Å². The fourth-order valence-electron chi connectivity index (χ4n) is 3.86. The number of likely N-dealkylation sites (tertiary alicyclic amines) is 1. The van der Waals surface area contributed by atoms with Gasteiger partial charge in [0.25, 0.3) is 0 Å². The van der Waals surface area contributed by atoms with Crippen molar-refractivity contribution < 1.29 is 9.59 Å². The third kappa shape index (κ3) is 4.07. The van der Waals surface area contributed by atoms with Crippen LogP contribution in [0.4, 0.5) is 4.79 Å². The van der Waals surface area contributed by atoms with Gasteiger partial charge in [-0.25, -0.2) is 4.79 Å².